The summed E-state index contributed by atoms with van der Waals surface area (Å²) in [5.74, 6) is 0. The molecule has 0 bridgehead atoms. The zero-order chi connectivity index (χ0) is 26.2. The van der Waals surface area contributed by atoms with Gasteiger partial charge in [-0.1, -0.05) is 112 Å². The maximum absolute atomic E-state index is 6.55. The fraction of sp³-hybridized carbons (Fsp3) is 0.500. The highest BCUT2D eigenvalue weighted by atomic mass is 16.8. The molecule has 6 nitrogen and oxygen atoms in total. The molecule has 38 heavy (non-hydrogen) atoms. The van der Waals surface area contributed by atoms with Crippen molar-refractivity contribution in [2.75, 3.05) is 0 Å². The van der Waals surface area contributed by atoms with Crippen LogP contribution in [0.4, 0.5) is 0 Å². The van der Waals surface area contributed by atoms with E-state index in [2.05, 4.69) is 62.4 Å². The summed E-state index contributed by atoms with van der Waals surface area (Å²) < 4.78 is 38.7. The fourth-order valence-corrected chi connectivity index (χ4v) is 5.13. The quantitative estimate of drug-likeness (QED) is 0.315. The number of hydrogen-bond donors (Lipinski definition) is 0. The molecule has 8 atom stereocenters. The minimum atomic E-state index is -0.557. The first-order valence-corrected chi connectivity index (χ1v) is 14.0. The average molecular weight is 521 g/mol. The lowest BCUT2D eigenvalue weighted by Gasteiger charge is -2.36. The third kappa shape index (κ3) is 6.63. The summed E-state index contributed by atoms with van der Waals surface area (Å²) in [5.41, 5.74) is 2.21. The van der Waals surface area contributed by atoms with E-state index in [0.717, 1.165) is 36.8 Å². The van der Waals surface area contributed by atoms with Crippen molar-refractivity contribution >= 4 is 0 Å². The van der Waals surface area contributed by atoms with Gasteiger partial charge < -0.3 is 28.4 Å². The van der Waals surface area contributed by atoms with E-state index in [1.165, 1.54) is 0 Å². The van der Waals surface area contributed by atoms with E-state index in [1.807, 2.05) is 36.4 Å². The number of allylic oxidation sites excluding steroid dienone is 2. The molecule has 0 aromatic heterocycles. The van der Waals surface area contributed by atoms with E-state index in [-0.39, 0.29) is 24.4 Å². The first-order valence-electron chi connectivity index (χ1n) is 14.0. The van der Waals surface area contributed by atoms with Gasteiger partial charge in [-0.05, 0) is 24.0 Å². The monoisotopic (exact) mass is 520 g/mol. The summed E-state index contributed by atoms with van der Waals surface area (Å²) in [7, 11) is 0. The lowest BCUT2D eigenvalue weighted by Crippen LogP contribution is -2.52. The number of rotatable bonds is 12. The molecule has 0 saturated carbocycles. The lowest BCUT2D eigenvalue weighted by atomic mass is 10.1. The summed E-state index contributed by atoms with van der Waals surface area (Å²) in [6.45, 7) is 5.27. The molecule has 6 heteroatoms. The van der Waals surface area contributed by atoms with Gasteiger partial charge in [0.25, 0.3) is 0 Å². The second-order valence-electron chi connectivity index (χ2n) is 10.1. The standard InChI is InChI=1S/C32H40O6/c1-3-5-9-19-25-27(33-21-23-15-11-7-12-16-23)29-31(35-25)38-30-28(34-22-24-17-13-8-14-18-24)26(20-10-6-4-2)36-32(30)37-29/h7-20,25-32H,3-6,21-22H2,1-2H3/b19-9-,20-10-/t25-,26-,27+,28+,29-,30-,31-,32-/m1/s1. The first-order chi connectivity index (χ1) is 18.8. The topological polar surface area (TPSA) is 55.4 Å². The summed E-state index contributed by atoms with van der Waals surface area (Å²) in [6.07, 6.45) is 9.53. The average Bonchev–Trinajstić information content (AvgIpc) is 3.47. The van der Waals surface area contributed by atoms with E-state index in [1.54, 1.807) is 0 Å². The van der Waals surface area contributed by atoms with Crippen molar-refractivity contribution in [2.45, 2.75) is 102 Å². The molecule has 0 N–H and O–H groups in total. The Morgan fingerprint density at radius 3 is 1.42 bits per heavy atom. The van der Waals surface area contributed by atoms with Crippen LogP contribution in [0.2, 0.25) is 0 Å². The summed E-state index contributed by atoms with van der Waals surface area (Å²) in [6, 6.07) is 20.3. The molecule has 3 aliphatic rings. The summed E-state index contributed by atoms with van der Waals surface area (Å²) in [5, 5.41) is 0. The zero-order valence-electron chi connectivity index (χ0n) is 22.4. The molecule has 0 aliphatic carbocycles. The maximum Gasteiger partial charge on any atom is 0.188 e. The SMILES string of the molecule is CCC/C=C\[C@H]1O[C@@H]2O[C@H]3[C@@H](O[C@@H]2[C@H]1OCc1ccccc1)O[C@H](/C=C\CCC)[C@@H]3OCc1ccccc1. The van der Waals surface area contributed by atoms with Crippen LogP contribution < -0.4 is 0 Å². The molecule has 0 radical (unpaired) electrons. The highest BCUT2D eigenvalue weighted by Crippen LogP contribution is 2.41. The van der Waals surface area contributed by atoms with Crippen LogP contribution in [0.25, 0.3) is 0 Å². The minimum absolute atomic E-state index is 0.261. The van der Waals surface area contributed by atoms with Crippen LogP contribution in [0.1, 0.15) is 50.7 Å². The van der Waals surface area contributed by atoms with Gasteiger partial charge in [0.1, 0.15) is 36.6 Å². The van der Waals surface area contributed by atoms with Gasteiger partial charge in [-0.3, -0.25) is 0 Å². The van der Waals surface area contributed by atoms with E-state index in [9.17, 15) is 0 Å². The van der Waals surface area contributed by atoms with Gasteiger partial charge in [0, 0.05) is 0 Å². The Bertz CT molecular complexity index is 941. The number of benzene rings is 2. The van der Waals surface area contributed by atoms with E-state index in [0.29, 0.717) is 13.2 Å². The molecule has 2 aromatic rings. The van der Waals surface area contributed by atoms with Gasteiger partial charge in [0.15, 0.2) is 12.6 Å². The molecule has 0 amide bonds. The van der Waals surface area contributed by atoms with Crippen molar-refractivity contribution in [3.63, 3.8) is 0 Å². The predicted octanol–water partition coefficient (Wildman–Crippen LogP) is 6.10. The van der Waals surface area contributed by atoms with Crippen molar-refractivity contribution in [1.82, 2.24) is 0 Å². The number of hydrogen-bond acceptors (Lipinski definition) is 6. The van der Waals surface area contributed by atoms with Crippen LogP contribution in [0.3, 0.4) is 0 Å². The van der Waals surface area contributed by atoms with Gasteiger partial charge in [0.05, 0.1) is 13.2 Å². The zero-order valence-corrected chi connectivity index (χ0v) is 22.4. The Morgan fingerprint density at radius 2 is 1.03 bits per heavy atom. The largest absolute Gasteiger partial charge is 0.368 e. The Balaban J connectivity index is 1.31. The Labute approximate surface area is 226 Å². The van der Waals surface area contributed by atoms with Crippen LogP contribution in [-0.4, -0.2) is 49.2 Å². The third-order valence-corrected chi connectivity index (χ3v) is 7.13. The van der Waals surface area contributed by atoms with Crippen molar-refractivity contribution in [3.8, 4) is 0 Å². The van der Waals surface area contributed by atoms with Crippen molar-refractivity contribution in [1.29, 1.82) is 0 Å². The maximum atomic E-state index is 6.55. The van der Waals surface area contributed by atoms with Gasteiger partial charge in [-0.15, -0.1) is 0 Å². The fourth-order valence-electron chi connectivity index (χ4n) is 5.13. The Hall–Kier alpha value is -2.32. The predicted molar refractivity (Wildman–Crippen MR) is 145 cm³/mol. The summed E-state index contributed by atoms with van der Waals surface area (Å²) >= 11 is 0. The second-order valence-corrected chi connectivity index (χ2v) is 10.1. The molecule has 2 aromatic carbocycles. The van der Waals surface area contributed by atoms with Gasteiger partial charge in [-0.2, -0.15) is 0 Å². The van der Waals surface area contributed by atoms with E-state index in [4.69, 9.17) is 28.4 Å². The van der Waals surface area contributed by atoms with E-state index >= 15 is 0 Å². The molecular weight excluding hydrogens is 480 g/mol. The molecule has 3 fully saturated rings. The number of ether oxygens (including phenoxy) is 6. The molecule has 3 heterocycles. The molecule has 3 aliphatic heterocycles. The molecule has 5 rings (SSSR count). The summed E-state index contributed by atoms with van der Waals surface area (Å²) in [4.78, 5) is 0. The lowest BCUT2D eigenvalue weighted by molar-refractivity contribution is -0.319. The Morgan fingerprint density at radius 1 is 0.605 bits per heavy atom. The first kappa shape index (κ1) is 27.3. The van der Waals surface area contributed by atoms with E-state index < -0.39 is 24.8 Å². The second kappa shape index (κ2) is 13.7. The van der Waals surface area contributed by atoms with Gasteiger partial charge in [-0.25, -0.2) is 0 Å². The minimum Gasteiger partial charge on any atom is -0.368 e. The van der Waals surface area contributed by atoms with Crippen molar-refractivity contribution in [2.24, 2.45) is 0 Å². The van der Waals surface area contributed by atoms with Crippen LogP contribution in [0, 0.1) is 0 Å². The molecular formula is C32H40O6. The van der Waals surface area contributed by atoms with Crippen LogP contribution in [-0.2, 0) is 41.6 Å². The van der Waals surface area contributed by atoms with Crippen LogP contribution >= 0.6 is 0 Å². The van der Waals surface area contributed by atoms with Gasteiger partial charge in [0.2, 0.25) is 0 Å². The van der Waals surface area contributed by atoms with Crippen molar-refractivity contribution < 1.29 is 28.4 Å². The third-order valence-electron chi connectivity index (χ3n) is 7.13. The molecule has 204 valence electrons. The number of fused-ring (bicyclic) bond motifs is 2. The molecule has 3 saturated heterocycles. The van der Waals surface area contributed by atoms with Crippen LogP contribution in [0.15, 0.2) is 85.0 Å². The van der Waals surface area contributed by atoms with Crippen LogP contribution in [0.5, 0.6) is 0 Å². The normalized spacial score (nSPS) is 32.7. The molecule has 0 spiro atoms. The Kier molecular flexibility index (Phi) is 9.79. The van der Waals surface area contributed by atoms with Gasteiger partial charge >= 0.3 is 0 Å². The van der Waals surface area contributed by atoms with Crippen molar-refractivity contribution in [3.05, 3.63) is 96.1 Å². The smallest absolute Gasteiger partial charge is 0.188 e. The number of unbranched alkanes of at least 4 members (excludes halogenated alkanes) is 2. The molecule has 0 unspecified atom stereocenters. The highest BCUT2D eigenvalue weighted by molar-refractivity contribution is 5.15. The highest BCUT2D eigenvalue weighted by Gasteiger charge is 2.58.